The summed E-state index contributed by atoms with van der Waals surface area (Å²) in [5.41, 5.74) is -0.0596. The third kappa shape index (κ3) is 5.06. The first kappa shape index (κ1) is 23.7. The first-order valence-electron chi connectivity index (χ1n) is 10.2. The van der Waals surface area contributed by atoms with Gasteiger partial charge in [0.2, 0.25) is 5.88 Å². The Balaban J connectivity index is 1.61. The first-order valence-corrected chi connectivity index (χ1v) is 10.2. The number of aromatic nitrogens is 1. The summed E-state index contributed by atoms with van der Waals surface area (Å²) in [5.74, 6) is 0.475. The van der Waals surface area contributed by atoms with Gasteiger partial charge in [0, 0.05) is 10.9 Å². The monoisotopic (exact) mass is 485 g/mol. The van der Waals surface area contributed by atoms with Gasteiger partial charge >= 0.3 is 18.4 Å². The molecule has 0 N–H and O–H groups in total. The van der Waals surface area contributed by atoms with Crippen molar-refractivity contribution in [2.24, 2.45) is 0 Å². The summed E-state index contributed by atoms with van der Waals surface area (Å²) in [5, 5.41) is 0.601. The summed E-state index contributed by atoms with van der Waals surface area (Å²) >= 11 is 0. The van der Waals surface area contributed by atoms with E-state index in [2.05, 4.69) is 0 Å². The Labute approximate surface area is 197 Å². The van der Waals surface area contributed by atoms with Crippen molar-refractivity contribution >= 4 is 23.2 Å². The number of hydrogen-bond acceptors (Lipinski definition) is 6. The predicted molar refractivity (Wildman–Crippen MR) is 119 cm³/mol. The smallest absolute Gasteiger partial charge is 0.497 e. The van der Waals surface area contributed by atoms with Crippen LogP contribution in [-0.4, -0.2) is 23.9 Å². The lowest BCUT2D eigenvalue weighted by Crippen LogP contribution is -2.22. The molecule has 0 radical (unpaired) electrons. The Hall–Kier alpha value is -4.47. The molecule has 35 heavy (non-hydrogen) atoms. The highest BCUT2D eigenvalue weighted by atomic mass is 19.4. The Morgan fingerprint density at radius 2 is 1.34 bits per heavy atom. The number of alkyl halides is 3. The fraction of sp³-hybridized carbons (Fsp3) is 0.120. The SMILES string of the molecule is COc1ccc(OC(=O)Oc2c(C)c3ccccc3n2C(=O)Oc2ccc(C(F)(F)F)cc2)cc1. The maximum atomic E-state index is 13.0. The fourth-order valence-electron chi connectivity index (χ4n) is 3.38. The molecule has 7 nitrogen and oxygen atoms in total. The second-order valence-corrected chi connectivity index (χ2v) is 7.30. The maximum Gasteiger partial charge on any atom is 0.520 e. The first-order chi connectivity index (χ1) is 16.7. The minimum absolute atomic E-state index is 0.120. The van der Waals surface area contributed by atoms with Crippen molar-refractivity contribution in [2.45, 2.75) is 13.1 Å². The zero-order valence-electron chi connectivity index (χ0n) is 18.5. The molecule has 3 aromatic carbocycles. The predicted octanol–water partition coefficient (Wildman–Crippen LogP) is 6.60. The van der Waals surface area contributed by atoms with E-state index in [0.29, 0.717) is 22.2 Å². The van der Waals surface area contributed by atoms with Crippen LogP contribution in [0.15, 0.2) is 72.8 Å². The van der Waals surface area contributed by atoms with Crippen molar-refractivity contribution in [3.8, 4) is 23.1 Å². The average molecular weight is 485 g/mol. The highest BCUT2D eigenvalue weighted by Crippen LogP contribution is 2.33. The number of fused-ring (bicyclic) bond motifs is 1. The number of benzene rings is 3. The summed E-state index contributed by atoms with van der Waals surface area (Å²) in [6.07, 6.45) is -6.62. The highest BCUT2D eigenvalue weighted by molar-refractivity contribution is 5.96. The van der Waals surface area contributed by atoms with E-state index in [1.165, 1.54) is 19.2 Å². The van der Waals surface area contributed by atoms with E-state index in [1.54, 1.807) is 43.3 Å². The zero-order valence-corrected chi connectivity index (χ0v) is 18.5. The average Bonchev–Trinajstić information content (AvgIpc) is 3.11. The molecular formula is C25H18F3NO6. The van der Waals surface area contributed by atoms with Crippen molar-refractivity contribution in [3.63, 3.8) is 0 Å². The van der Waals surface area contributed by atoms with E-state index in [1.807, 2.05) is 0 Å². The number of para-hydroxylation sites is 1. The van der Waals surface area contributed by atoms with Gasteiger partial charge in [0.25, 0.3) is 0 Å². The molecule has 4 rings (SSSR count). The van der Waals surface area contributed by atoms with Gasteiger partial charge in [0.15, 0.2) is 0 Å². The van der Waals surface area contributed by atoms with Crippen LogP contribution < -0.4 is 18.9 Å². The minimum atomic E-state index is -4.53. The molecule has 4 aromatic rings. The quantitative estimate of drug-likeness (QED) is 0.239. The van der Waals surface area contributed by atoms with Crippen LogP contribution in [0.2, 0.25) is 0 Å². The lowest BCUT2D eigenvalue weighted by molar-refractivity contribution is -0.137. The standard InChI is InChI=1S/C25H18F3NO6/c1-15-20-5-3-4-6-21(20)29(23(30)33-18-9-7-16(8-10-18)25(26,27)28)22(15)35-24(31)34-19-13-11-17(32-2)12-14-19/h3-14H,1-2H3. The van der Waals surface area contributed by atoms with Crippen LogP contribution in [0.1, 0.15) is 11.1 Å². The number of aryl methyl sites for hydroxylation is 1. The van der Waals surface area contributed by atoms with Crippen molar-refractivity contribution < 1.29 is 41.7 Å². The van der Waals surface area contributed by atoms with E-state index in [9.17, 15) is 22.8 Å². The number of carbonyl (C=O) groups is 2. The van der Waals surface area contributed by atoms with Gasteiger partial charge in [-0.2, -0.15) is 13.2 Å². The van der Waals surface area contributed by atoms with Gasteiger partial charge < -0.3 is 18.9 Å². The zero-order chi connectivity index (χ0) is 25.2. The molecule has 0 saturated heterocycles. The normalized spacial score (nSPS) is 11.2. The van der Waals surface area contributed by atoms with E-state index in [-0.39, 0.29) is 17.4 Å². The van der Waals surface area contributed by atoms with Crippen LogP contribution in [-0.2, 0) is 6.18 Å². The lowest BCUT2D eigenvalue weighted by atomic mass is 10.2. The van der Waals surface area contributed by atoms with Gasteiger partial charge in [-0.25, -0.2) is 14.2 Å². The summed E-state index contributed by atoms with van der Waals surface area (Å²) < 4.78 is 60.3. The number of rotatable bonds is 4. The van der Waals surface area contributed by atoms with E-state index in [0.717, 1.165) is 28.8 Å². The number of carbonyl (C=O) groups excluding carboxylic acids is 2. The largest absolute Gasteiger partial charge is 0.520 e. The van der Waals surface area contributed by atoms with Gasteiger partial charge in [0.05, 0.1) is 18.2 Å². The second kappa shape index (κ2) is 9.41. The Bertz CT molecular complexity index is 1380. The van der Waals surface area contributed by atoms with Crippen molar-refractivity contribution in [3.05, 3.63) is 83.9 Å². The molecule has 0 aliphatic rings. The molecule has 0 spiro atoms. The molecule has 0 atom stereocenters. The molecule has 1 aromatic heterocycles. The third-order valence-electron chi connectivity index (χ3n) is 5.08. The fourth-order valence-corrected chi connectivity index (χ4v) is 3.38. The molecule has 0 saturated carbocycles. The minimum Gasteiger partial charge on any atom is -0.497 e. The molecule has 0 aliphatic heterocycles. The van der Waals surface area contributed by atoms with Crippen LogP contribution in [0.4, 0.5) is 22.8 Å². The summed E-state index contributed by atoms with van der Waals surface area (Å²) in [7, 11) is 1.50. The van der Waals surface area contributed by atoms with Crippen LogP contribution in [0.25, 0.3) is 10.9 Å². The number of halogens is 3. The highest BCUT2D eigenvalue weighted by Gasteiger charge is 2.30. The topological polar surface area (TPSA) is 76.0 Å². The maximum absolute atomic E-state index is 13.0. The molecule has 0 fully saturated rings. The van der Waals surface area contributed by atoms with E-state index < -0.39 is 24.0 Å². The number of ether oxygens (including phenoxy) is 4. The third-order valence-corrected chi connectivity index (χ3v) is 5.08. The molecule has 0 bridgehead atoms. The Kier molecular flexibility index (Phi) is 6.37. The molecule has 180 valence electrons. The molecule has 0 unspecified atom stereocenters. The number of methoxy groups -OCH3 is 1. The molecular weight excluding hydrogens is 467 g/mol. The summed E-state index contributed by atoms with van der Waals surface area (Å²) in [6, 6.07) is 16.6. The number of hydrogen-bond donors (Lipinski definition) is 0. The van der Waals surface area contributed by atoms with Crippen molar-refractivity contribution in [2.75, 3.05) is 7.11 Å². The van der Waals surface area contributed by atoms with Crippen LogP contribution in [0, 0.1) is 6.92 Å². The molecule has 0 aliphatic carbocycles. The van der Waals surface area contributed by atoms with Gasteiger partial charge in [-0.3, -0.25) is 0 Å². The number of nitrogens with zero attached hydrogens (tertiary/aromatic N) is 1. The van der Waals surface area contributed by atoms with E-state index in [4.69, 9.17) is 18.9 Å². The Morgan fingerprint density at radius 1 is 0.771 bits per heavy atom. The van der Waals surface area contributed by atoms with Crippen LogP contribution in [0.3, 0.4) is 0 Å². The van der Waals surface area contributed by atoms with Gasteiger partial charge in [0.1, 0.15) is 17.2 Å². The van der Waals surface area contributed by atoms with Gasteiger partial charge in [-0.05, 0) is 61.5 Å². The van der Waals surface area contributed by atoms with E-state index >= 15 is 0 Å². The summed E-state index contributed by atoms with van der Waals surface area (Å²) in [4.78, 5) is 25.5. The Morgan fingerprint density at radius 3 is 1.97 bits per heavy atom. The summed E-state index contributed by atoms with van der Waals surface area (Å²) in [6.45, 7) is 1.64. The van der Waals surface area contributed by atoms with Gasteiger partial charge in [-0.1, -0.05) is 18.2 Å². The van der Waals surface area contributed by atoms with Crippen molar-refractivity contribution in [1.29, 1.82) is 0 Å². The molecule has 1 heterocycles. The second-order valence-electron chi connectivity index (χ2n) is 7.30. The van der Waals surface area contributed by atoms with Crippen molar-refractivity contribution in [1.82, 2.24) is 4.57 Å². The lowest BCUT2D eigenvalue weighted by Gasteiger charge is -2.12. The van der Waals surface area contributed by atoms with Gasteiger partial charge in [-0.15, -0.1) is 0 Å². The van der Waals surface area contributed by atoms with Crippen LogP contribution in [0.5, 0.6) is 23.1 Å². The molecule has 0 amide bonds. The van der Waals surface area contributed by atoms with Crippen LogP contribution >= 0.6 is 0 Å². The molecule has 10 heteroatoms.